The molecular weight excluding hydrogens is 418 g/mol. The van der Waals surface area contributed by atoms with Crippen molar-refractivity contribution in [3.63, 3.8) is 0 Å². The normalized spacial score (nSPS) is 12.7. The fourth-order valence-corrected chi connectivity index (χ4v) is 2.78. The molecule has 0 bridgehead atoms. The van der Waals surface area contributed by atoms with Crippen LogP contribution in [-0.4, -0.2) is 54.1 Å². The predicted molar refractivity (Wildman–Crippen MR) is 114 cm³/mol. The minimum Gasteiger partial charge on any atom is -0.491 e. The molecule has 0 aliphatic carbocycles. The van der Waals surface area contributed by atoms with Gasteiger partial charge in [0.05, 0.1) is 6.61 Å². The SMILES string of the molecule is CCO[C@@H](/C=C/C(=O)O)[C@@H](OC(=O)NC(=O)c1ccccc1)c1cccc(OCCO)c1. The van der Waals surface area contributed by atoms with Crippen molar-refractivity contribution in [2.24, 2.45) is 0 Å². The maximum absolute atomic E-state index is 12.5. The Bertz CT molecular complexity index is 929. The first kappa shape index (κ1) is 24.6. The summed E-state index contributed by atoms with van der Waals surface area (Å²) in [6.45, 7) is 1.80. The van der Waals surface area contributed by atoms with E-state index in [1.165, 1.54) is 6.08 Å². The minimum absolute atomic E-state index is 0.0643. The summed E-state index contributed by atoms with van der Waals surface area (Å²) in [5.41, 5.74) is 0.712. The smallest absolute Gasteiger partial charge is 0.414 e. The number of carboxylic acids is 1. The van der Waals surface area contributed by atoms with Crippen molar-refractivity contribution in [1.82, 2.24) is 5.32 Å². The highest BCUT2D eigenvalue weighted by atomic mass is 16.6. The highest BCUT2D eigenvalue weighted by molar-refractivity contribution is 6.02. The van der Waals surface area contributed by atoms with Crippen LogP contribution in [0.1, 0.15) is 28.9 Å². The standard InChI is InChI=1S/C23H25NO8/c1-2-30-19(11-12-20(26)27)21(17-9-6-10-18(15-17)31-14-13-25)32-23(29)24-22(28)16-7-4-3-5-8-16/h3-12,15,19,21,25H,2,13-14H2,1H3,(H,26,27)(H,24,28,29)/b12-11+/t19-,21-/m0/s1. The number of ether oxygens (including phenoxy) is 3. The number of benzene rings is 2. The number of aliphatic hydroxyl groups excluding tert-OH is 1. The van der Waals surface area contributed by atoms with Crippen molar-refractivity contribution in [3.05, 3.63) is 77.9 Å². The van der Waals surface area contributed by atoms with Crippen LogP contribution in [0.15, 0.2) is 66.7 Å². The van der Waals surface area contributed by atoms with E-state index in [4.69, 9.17) is 24.4 Å². The highest BCUT2D eigenvalue weighted by Crippen LogP contribution is 2.28. The second-order valence-electron chi connectivity index (χ2n) is 6.41. The van der Waals surface area contributed by atoms with Crippen LogP contribution < -0.4 is 10.1 Å². The fraction of sp³-hybridized carbons (Fsp3) is 0.261. The summed E-state index contributed by atoms with van der Waals surface area (Å²) in [5.74, 6) is -1.44. The first-order chi connectivity index (χ1) is 15.4. The zero-order valence-corrected chi connectivity index (χ0v) is 17.5. The fourth-order valence-electron chi connectivity index (χ4n) is 2.78. The van der Waals surface area contributed by atoms with Crippen molar-refractivity contribution in [2.45, 2.75) is 19.1 Å². The summed E-state index contributed by atoms with van der Waals surface area (Å²) in [7, 11) is 0. The van der Waals surface area contributed by atoms with Crippen LogP contribution in [0.2, 0.25) is 0 Å². The number of amides is 2. The molecule has 0 aromatic heterocycles. The quantitative estimate of drug-likeness (QED) is 0.452. The third kappa shape index (κ3) is 7.86. The summed E-state index contributed by atoms with van der Waals surface area (Å²) in [6, 6.07) is 14.6. The van der Waals surface area contributed by atoms with Crippen LogP contribution in [0.5, 0.6) is 5.75 Å². The number of alkyl carbamates (subject to hydrolysis) is 1. The van der Waals surface area contributed by atoms with Crippen LogP contribution in [0.4, 0.5) is 4.79 Å². The number of rotatable bonds is 11. The monoisotopic (exact) mass is 443 g/mol. The minimum atomic E-state index is -1.20. The van der Waals surface area contributed by atoms with E-state index < -0.39 is 30.2 Å². The third-order valence-corrected chi connectivity index (χ3v) is 4.12. The van der Waals surface area contributed by atoms with Crippen molar-refractivity contribution >= 4 is 18.0 Å². The number of carbonyl (C=O) groups is 3. The van der Waals surface area contributed by atoms with E-state index in [2.05, 4.69) is 5.32 Å². The van der Waals surface area contributed by atoms with Gasteiger partial charge in [0, 0.05) is 18.2 Å². The van der Waals surface area contributed by atoms with E-state index in [1.807, 2.05) is 0 Å². The van der Waals surface area contributed by atoms with Crippen molar-refractivity contribution in [1.29, 1.82) is 0 Å². The largest absolute Gasteiger partial charge is 0.491 e. The number of hydrogen-bond acceptors (Lipinski definition) is 7. The Morgan fingerprint density at radius 1 is 1.09 bits per heavy atom. The van der Waals surface area contributed by atoms with E-state index in [9.17, 15) is 14.4 Å². The van der Waals surface area contributed by atoms with Gasteiger partial charge < -0.3 is 24.4 Å². The summed E-state index contributed by atoms with van der Waals surface area (Å²) >= 11 is 0. The average Bonchev–Trinajstić information content (AvgIpc) is 2.79. The van der Waals surface area contributed by atoms with Gasteiger partial charge in [-0.2, -0.15) is 0 Å². The van der Waals surface area contributed by atoms with E-state index in [-0.39, 0.29) is 25.4 Å². The Morgan fingerprint density at radius 3 is 2.50 bits per heavy atom. The predicted octanol–water partition coefficient (Wildman–Crippen LogP) is 2.71. The molecule has 2 aromatic carbocycles. The molecule has 0 spiro atoms. The summed E-state index contributed by atoms with van der Waals surface area (Å²) in [6.07, 6.45) is -0.938. The first-order valence-electron chi connectivity index (χ1n) is 9.88. The lowest BCUT2D eigenvalue weighted by Crippen LogP contribution is -2.35. The number of nitrogens with one attached hydrogen (secondary N) is 1. The molecule has 2 amide bonds. The number of carboxylic acid groups (broad SMARTS) is 1. The van der Waals surface area contributed by atoms with Crippen LogP contribution >= 0.6 is 0 Å². The van der Waals surface area contributed by atoms with E-state index in [0.717, 1.165) is 6.08 Å². The second kappa shape index (κ2) is 12.9. The number of aliphatic carboxylic acids is 1. The van der Waals surface area contributed by atoms with Crippen LogP contribution in [0.3, 0.4) is 0 Å². The summed E-state index contributed by atoms with van der Waals surface area (Å²) < 4.78 is 16.5. The Kier molecular flexibility index (Phi) is 9.89. The van der Waals surface area contributed by atoms with Crippen molar-refractivity contribution < 1.29 is 38.8 Å². The molecule has 32 heavy (non-hydrogen) atoms. The van der Waals surface area contributed by atoms with Gasteiger partial charge in [-0.1, -0.05) is 30.3 Å². The lowest BCUT2D eigenvalue weighted by atomic mass is 10.0. The van der Waals surface area contributed by atoms with Gasteiger partial charge in [-0.15, -0.1) is 0 Å². The van der Waals surface area contributed by atoms with E-state index >= 15 is 0 Å². The summed E-state index contributed by atoms with van der Waals surface area (Å²) in [5, 5.41) is 20.1. The zero-order valence-electron chi connectivity index (χ0n) is 17.5. The molecule has 2 aromatic rings. The maximum Gasteiger partial charge on any atom is 0.414 e. The van der Waals surface area contributed by atoms with Gasteiger partial charge >= 0.3 is 12.1 Å². The number of carbonyl (C=O) groups excluding carboxylic acids is 2. The lowest BCUT2D eigenvalue weighted by Gasteiger charge is -2.25. The Hall–Kier alpha value is -3.69. The number of hydrogen-bond donors (Lipinski definition) is 3. The van der Waals surface area contributed by atoms with Gasteiger partial charge in [0.1, 0.15) is 18.5 Å². The highest BCUT2D eigenvalue weighted by Gasteiger charge is 2.27. The van der Waals surface area contributed by atoms with E-state index in [0.29, 0.717) is 11.3 Å². The van der Waals surface area contributed by atoms with Gasteiger partial charge in [0.2, 0.25) is 0 Å². The molecule has 0 aliphatic heterocycles. The molecule has 170 valence electrons. The average molecular weight is 443 g/mol. The van der Waals surface area contributed by atoms with Crippen LogP contribution in [0.25, 0.3) is 0 Å². The molecule has 0 unspecified atom stereocenters. The van der Waals surface area contributed by atoms with Crippen molar-refractivity contribution in [3.8, 4) is 5.75 Å². The Morgan fingerprint density at radius 2 is 1.84 bits per heavy atom. The van der Waals surface area contributed by atoms with Gasteiger partial charge in [-0.05, 0) is 42.8 Å². The molecule has 0 aliphatic rings. The molecule has 2 rings (SSSR count). The summed E-state index contributed by atoms with van der Waals surface area (Å²) in [4.78, 5) is 35.8. The van der Waals surface area contributed by atoms with Gasteiger partial charge in [-0.25, -0.2) is 9.59 Å². The van der Waals surface area contributed by atoms with E-state index in [1.54, 1.807) is 61.5 Å². The van der Waals surface area contributed by atoms with Crippen molar-refractivity contribution in [2.75, 3.05) is 19.8 Å². The molecule has 0 heterocycles. The number of aliphatic hydroxyl groups is 1. The lowest BCUT2D eigenvalue weighted by molar-refractivity contribution is -0.131. The number of imide groups is 1. The molecule has 0 saturated carbocycles. The molecule has 0 radical (unpaired) electrons. The van der Waals surface area contributed by atoms with Gasteiger partial charge in [0.25, 0.3) is 5.91 Å². The van der Waals surface area contributed by atoms with Gasteiger partial charge in [-0.3, -0.25) is 10.1 Å². The van der Waals surface area contributed by atoms with Crippen LogP contribution in [-0.2, 0) is 14.3 Å². The molecular formula is C23H25NO8. The molecule has 3 N–H and O–H groups in total. The second-order valence-corrected chi connectivity index (χ2v) is 6.41. The van der Waals surface area contributed by atoms with Gasteiger partial charge in [0.15, 0.2) is 6.10 Å². The molecule has 0 saturated heterocycles. The Labute approximate surface area is 185 Å². The Balaban J connectivity index is 2.29. The molecule has 9 heteroatoms. The maximum atomic E-state index is 12.5. The molecule has 9 nitrogen and oxygen atoms in total. The molecule has 0 fully saturated rings. The first-order valence-corrected chi connectivity index (χ1v) is 9.88. The zero-order chi connectivity index (χ0) is 23.3. The van der Waals surface area contributed by atoms with Crippen LogP contribution in [0, 0.1) is 0 Å². The third-order valence-electron chi connectivity index (χ3n) is 4.12. The topological polar surface area (TPSA) is 131 Å². The molecule has 2 atom stereocenters.